The van der Waals surface area contributed by atoms with Gasteiger partial charge in [-0.2, -0.15) is 13.2 Å². The summed E-state index contributed by atoms with van der Waals surface area (Å²) in [6, 6.07) is 9.29. The molecule has 0 fully saturated rings. The molecule has 0 heterocycles. The van der Waals surface area contributed by atoms with Gasteiger partial charge in [-0.1, -0.05) is 11.6 Å². The number of nitrogens with zero attached hydrogens (tertiary/aromatic N) is 1. The second-order valence-electron chi connectivity index (χ2n) is 6.37. The zero-order chi connectivity index (χ0) is 24.3. The van der Waals surface area contributed by atoms with Crippen LogP contribution in [0, 0.1) is 15.9 Å². The number of carbonyl (C=O) groups is 1. The highest BCUT2D eigenvalue weighted by molar-refractivity contribution is 6.32. The number of esters is 1. The first-order valence-corrected chi connectivity index (χ1v) is 9.26. The lowest BCUT2D eigenvalue weighted by Gasteiger charge is -2.13. The fourth-order valence-electron chi connectivity index (χ4n) is 2.63. The summed E-state index contributed by atoms with van der Waals surface area (Å²) < 4.78 is 68.0. The molecule has 0 aromatic heterocycles. The van der Waals surface area contributed by atoms with Crippen molar-refractivity contribution in [2.24, 2.45) is 0 Å². The van der Waals surface area contributed by atoms with Crippen molar-refractivity contribution in [3.05, 3.63) is 86.7 Å². The molecule has 0 spiro atoms. The largest absolute Gasteiger partial charge is 0.465 e. The van der Waals surface area contributed by atoms with Crippen molar-refractivity contribution in [1.82, 2.24) is 0 Å². The predicted octanol–water partition coefficient (Wildman–Crippen LogP) is 6.78. The zero-order valence-corrected chi connectivity index (χ0v) is 17.2. The van der Waals surface area contributed by atoms with Crippen molar-refractivity contribution in [1.29, 1.82) is 0 Å². The Labute approximate surface area is 188 Å². The van der Waals surface area contributed by atoms with E-state index in [0.29, 0.717) is 6.07 Å². The van der Waals surface area contributed by atoms with Crippen LogP contribution < -0.4 is 9.47 Å². The molecule has 172 valence electrons. The highest BCUT2D eigenvalue weighted by Gasteiger charge is 2.33. The van der Waals surface area contributed by atoms with Crippen LogP contribution in [0.25, 0.3) is 0 Å². The van der Waals surface area contributed by atoms with Crippen LogP contribution in [0.2, 0.25) is 5.02 Å². The molecule has 0 radical (unpaired) electrons. The minimum atomic E-state index is -4.82. The number of halogens is 5. The van der Waals surface area contributed by atoms with Crippen molar-refractivity contribution >= 4 is 23.3 Å². The fourth-order valence-corrected chi connectivity index (χ4v) is 2.88. The van der Waals surface area contributed by atoms with E-state index in [1.165, 1.54) is 31.4 Å². The van der Waals surface area contributed by atoms with Gasteiger partial charge in [-0.15, -0.1) is 0 Å². The smallest absolute Gasteiger partial charge is 0.416 e. The minimum Gasteiger partial charge on any atom is -0.465 e. The number of hydrogen-bond donors (Lipinski definition) is 0. The van der Waals surface area contributed by atoms with Crippen LogP contribution in [0.4, 0.5) is 23.2 Å². The quantitative estimate of drug-likeness (QED) is 0.165. The van der Waals surface area contributed by atoms with Gasteiger partial charge in [0.05, 0.1) is 28.2 Å². The summed E-state index contributed by atoms with van der Waals surface area (Å²) in [6.07, 6.45) is -4.82. The molecule has 0 aliphatic rings. The summed E-state index contributed by atoms with van der Waals surface area (Å²) in [7, 11) is 1.20. The molecule has 0 bridgehead atoms. The Morgan fingerprint density at radius 3 is 2.18 bits per heavy atom. The number of carbonyl (C=O) groups excluding carboxylic acids is 1. The van der Waals surface area contributed by atoms with E-state index in [4.69, 9.17) is 21.1 Å². The summed E-state index contributed by atoms with van der Waals surface area (Å²) in [5.74, 6) is -3.07. The molecule has 12 heteroatoms. The van der Waals surface area contributed by atoms with Crippen LogP contribution in [0.3, 0.4) is 0 Å². The van der Waals surface area contributed by atoms with Gasteiger partial charge in [0, 0.05) is 12.1 Å². The van der Waals surface area contributed by atoms with E-state index in [9.17, 15) is 32.5 Å². The maximum absolute atomic E-state index is 14.2. The first-order chi connectivity index (χ1) is 15.5. The van der Waals surface area contributed by atoms with E-state index in [-0.39, 0.29) is 28.9 Å². The summed E-state index contributed by atoms with van der Waals surface area (Å²) in [4.78, 5) is 22.1. The molecule has 3 aromatic rings. The molecule has 3 rings (SSSR count). The van der Waals surface area contributed by atoms with Gasteiger partial charge in [-0.25, -0.2) is 9.18 Å². The maximum atomic E-state index is 14.2. The van der Waals surface area contributed by atoms with Crippen LogP contribution in [0.1, 0.15) is 15.9 Å². The third-order valence-electron chi connectivity index (χ3n) is 4.18. The zero-order valence-electron chi connectivity index (χ0n) is 16.5. The number of nitro groups is 1. The van der Waals surface area contributed by atoms with Crippen molar-refractivity contribution in [2.45, 2.75) is 6.18 Å². The molecule has 3 aromatic carbocycles. The Morgan fingerprint density at radius 2 is 1.64 bits per heavy atom. The summed E-state index contributed by atoms with van der Waals surface area (Å²) >= 11 is 5.75. The van der Waals surface area contributed by atoms with Crippen molar-refractivity contribution in [2.75, 3.05) is 7.11 Å². The topological polar surface area (TPSA) is 87.9 Å². The lowest BCUT2D eigenvalue weighted by Crippen LogP contribution is -2.06. The SMILES string of the molecule is COC(=O)c1ccc(Oc2cc(Oc3c(F)cc(C(F)(F)F)cc3Cl)ccc2[N+](=O)[O-])cc1. The number of rotatable bonds is 6. The fraction of sp³-hybridized carbons (Fsp3) is 0.0952. The average Bonchev–Trinajstić information content (AvgIpc) is 2.75. The van der Waals surface area contributed by atoms with Crippen molar-refractivity contribution in [3.8, 4) is 23.0 Å². The second-order valence-corrected chi connectivity index (χ2v) is 6.78. The monoisotopic (exact) mass is 485 g/mol. The molecule has 0 unspecified atom stereocenters. The Balaban J connectivity index is 1.92. The van der Waals surface area contributed by atoms with Crippen LogP contribution in [0.5, 0.6) is 23.0 Å². The number of alkyl halides is 3. The Morgan fingerprint density at radius 1 is 1.00 bits per heavy atom. The van der Waals surface area contributed by atoms with E-state index >= 15 is 0 Å². The standard InChI is InChI=1S/C21H12ClF4NO6/c1-31-20(28)11-2-4-13(5-3-11)32-18-10-14(6-7-17(18)27(29)30)33-19-15(22)8-12(9-16(19)23)21(24,25)26/h2-10H,1H3. The van der Waals surface area contributed by atoms with Gasteiger partial charge >= 0.3 is 17.8 Å². The highest BCUT2D eigenvalue weighted by Crippen LogP contribution is 2.41. The van der Waals surface area contributed by atoms with Gasteiger partial charge in [0.2, 0.25) is 5.75 Å². The molecule has 0 atom stereocenters. The summed E-state index contributed by atoms with van der Waals surface area (Å²) in [5.41, 5.74) is -1.57. The Bertz CT molecular complexity index is 1190. The van der Waals surface area contributed by atoms with E-state index in [2.05, 4.69) is 4.74 Å². The third kappa shape index (κ3) is 5.50. The van der Waals surface area contributed by atoms with Crippen LogP contribution in [-0.2, 0) is 10.9 Å². The van der Waals surface area contributed by atoms with Crippen LogP contribution in [0.15, 0.2) is 54.6 Å². The first-order valence-electron chi connectivity index (χ1n) is 8.88. The molecule has 0 saturated heterocycles. The van der Waals surface area contributed by atoms with Crippen molar-refractivity contribution < 1.29 is 41.5 Å². The normalized spacial score (nSPS) is 11.1. The molecule has 0 aliphatic carbocycles. The molecule has 0 N–H and O–H groups in total. The van der Waals surface area contributed by atoms with Gasteiger partial charge in [0.15, 0.2) is 11.6 Å². The van der Waals surface area contributed by atoms with E-state index in [1.807, 2.05) is 0 Å². The minimum absolute atomic E-state index is 0.113. The second kappa shape index (κ2) is 9.33. The lowest BCUT2D eigenvalue weighted by molar-refractivity contribution is -0.385. The number of benzene rings is 3. The molecule has 7 nitrogen and oxygen atoms in total. The summed E-state index contributed by atoms with van der Waals surface area (Å²) in [6.45, 7) is 0. The molecule has 0 aliphatic heterocycles. The van der Waals surface area contributed by atoms with E-state index in [0.717, 1.165) is 18.2 Å². The molecule has 33 heavy (non-hydrogen) atoms. The number of methoxy groups -OCH3 is 1. The summed E-state index contributed by atoms with van der Waals surface area (Å²) in [5, 5.41) is 10.7. The number of nitro benzene ring substituents is 1. The molecular weight excluding hydrogens is 474 g/mol. The molecular formula is C21H12ClF4NO6. The maximum Gasteiger partial charge on any atom is 0.416 e. The number of ether oxygens (including phenoxy) is 3. The van der Waals surface area contributed by atoms with Crippen molar-refractivity contribution in [3.63, 3.8) is 0 Å². The van der Waals surface area contributed by atoms with E-state index in [1.54, 1.807) is 0 Å². The molecule has 0 saturated carbocycles. The van der Waals surface area contributed by atoms with Crippen LogP contribution >= 0.6 is 11.6 Å². The number of hydrogen-bond acceptors (Lipinski definition) is 6. The van der Waals surface area contributed by atoms with Gasteiger partial charge in [0.25, 0.3) is 0 Å². The van der Waals surface area contributed by atoms with Crippen LogP contribution in [-0.4, -0.2) is 18.0 Å². The van der Waals surface area contributed by atoms with Gasteiger partial charge in [0.1, 0.15) is 11.5 Å². The van der Waals surface area contributed by atoms with Gasteiger partial charge < -0.3 is 14.2 Å². The van der Waals surface area contributed by atoms with E-state index < -0.39 is 44.9 Å². The average molecular weight is 486 g/mol. The van der Waals surface area contributed by atoms with Gasteiger partial charge in [-0.05, 0) is 42.5 Å². The predicted molar refractivity (Wildman–Crippen MR) is 107 cm³/mol. The third-order valence-corrected chi connectivity index (χ3v) is 4.46. The first kappa shape index (κ1) is 23.8. The highest BCUT2D eigenvalue weighted by atomic mass is 35.5. The Hall–Kier alpha value is -3.86. The molecule has 0 amide bonds. The Kier molecular flexibility index (Phi) is 6.73. The lowest BCUT2D eigenvalue weighted by atomic mass is 10.2. The van der Waals surface area contributed by atoms with Gasteiger partial charge in [-0.3, -0.25) is 10.1 Å².